The number of carbonyl (C=O) groups excluding carboxylic acids is 4. The Hall–Kier alpha value is -2.94. The van der Waals surface area contributed by atoms with Crippen molar-refractivity contribution < 1.29 is 38.1 Å². The third-order valence-corrected chi connectivity index (χ3v) is 9.23. The van der Waals surface area contributed by atoms with Crippen LogP contribution < -0.4 is 5.32 Å². The molecule has 0 bridgehead atoms. The Bertz CT molecular complexity index is 1050. The molecule has 1 aromatic rings. The van der Waals surface area contributed by atoms with Crippen molar-refractivity contribution in [1.82, 2.24) is 5.32 Å². The molecule has 0 fully saturated rings. The van der Waals surface area contributed by atoms with Crippen LogP contribution in [0.25, 0.3) is 0 Å². The number of rotatable bonds is 36. The molecule has 0 saturated heterocycles. The van der Waals surface area contributed by atoms with E-state index in [1.54, 1.807) is 0 Å². The van der Waals surface area contributed by atoms with Crippen LogP contribution in [0.4, 0.5) is 0 Å². The molecule has 0 saturated carbocycles. The van der Waals surface area contributed by atoms with Gasteiger partial charge in [0.25, 0.3) is 6.47 Å². The fraction of sp³-hybridized carbons (Fsp3) is 0.778. The van der Waals surface area contributed by atoms with E-state index in [9.17, 15) is 19.2 Å². The number of hydrogen-bond acceptors (Lipinski definition) is 9. The van der Waals surface area contributed by atoms with Crippen molar-refractivity contribution in [2.24, 2.45) is 0 Å². The van der Waals surface area contributed by atoms with Crippen molar-refractivity contribution in [1.29, 1.82) is 0 Å². The molecule has 1 N–H and O–H groups in total. The van der Waals surface area contributed by atoms with Crippen LogP contribution in [-0.4, -0.2) is 44.6 Å². The molecule has 0 aromatic heterocycles. The molecule has 0 aliphatic heterocycles. The fourth-order valence-corrected chi connectivity index (χ4v) is 6.06. The molecule has 312 valence electrons. The quantitative estimate of drug-likeness (QED) is 0.0308. The van der Waals surface area contributed by atoms with Gasteiger partial charge >= 0.3 is 17.9 Å². The molecule has 0 aliphatic rings. The molecular weight excluding hydrogens is 682 g/mol. The minimum atomic E-state index is -0.223. The van der Waals surface area contributed by atoms with E-state index in [1.807, 2.05) is 25.2 Å². The summed E-state index contributed by atoms with van der Waals surface area (Å²) in [5.74, 6) is -0.504. The molecule has 1 rings (SSSR count). The number of benzene rings is 1. The zero-order valence-corrected chi connectivity index (χ0v) is 35.0. The van der Waals surface area contributed by atoms with Gasteiger partial charge in [0.15, 0.2) is 0 Å². The van der Waals surface area contributed by atoms with E-state index in [0.717, 1.165) is 80.9 Å². The van der Waals surface area contributed by atoms with E-state index in [0.29, 0.717) is 45.5 Å². The predicted octanol–water partition coefficient (Wildman–Crippen LogP) is 11.4. The monoisotopic (exact) mass is 762 g/mol. The Morgan fingerprint density at radius 3 is 1.24 bits per heavy atom. The van der Waals surface area contributed by atoms with E-state index < -0.39 is 0 Å². The molecular formula is C45H79NO8. The number of esters is 3. The SMILES string of the molecule is CCCCCCCCCOC(=O)CCCCCCC(=O)OCc1cc(CNC)cc(COC(=O)CCCCCCC)c1.CCCCCCCCCOC=O. The van der Waals surface area contributed by atoms with Gasteiger partial charge in [0.2, 0.25) is 0 Å². The van der Waals surface area contributed by atoms with Gasteiger partial charge in [-0.15, -0.1) is 0 Å². The van der Waals surface area contributed by atoms with Crippen molar-refractivity contribution in [2.75, 3.05) is 20.3 Å². The topological polar surface area (TPSA) is 117 Å². The zero-order valence-electron chi connectivity index (χ0n) is 35.0. The molecule has 0 unspecified atom stereocenters. The Kier molecular flexibility index (Phi) is 37.6. The second-order valence-electron chi connectivity index (χ2n) is 14.5. The lowest BCUT2D eigenvalue weighted by molar-refractivity contribution is -0.145. The van der Waals surface area contributed by atoms with Crippen molar-refractivity contribution in [2.45, 2.75) is 207 Å². The highest BCUT2D eigenvalue weighted by molar-refractivity contribution is 5.70. The molecule has 0 heterocycles. The smallest absolute Gasteiger partial charge is 0.306 e. The maximum Gasteiger partial charge on any atom is 0.306 e. The van der Waals surface area contributed by atoms with Crippen LogP contribution in [0.15, 0.2) is 18.2 Å². The largest absolute Gasteiger partial charge is 0.468 e. The van der Waals surface area contributed by atoms with Crippen LogP contribution in [0.3, 0.4) is 0 Å². The number of carbonyl (C=O) groups is 4. The van der Waals surface area contributed by atoms with Gasteiger partial charge in [-0.2, -0.15) is 0 Å². The van der Waals surface area contributed by atoms with Crippen molar-refractivity contribution >= 4 is 24.4 Å². The van der Waals surface area contributed by atoms with Crippen molar-refractivity contribution in [3.05, 3.63) is 34.9 Å². The summed E-state index contributed by atoms with van der Waals surface area (Å²) in [6.07, 6.45) is 27.3. The molecule has 0 aliphatic carbocycles. The van der Waals surface area contributed by atoms with Crippen LogP contribution in [0.5, 0.6) is 0 Å². The standard InChI is InChI=1S/C35H59NO6.C10H20O2/c1-4-6-8-10-11-15-19-23-40-33(37)20-17-13-14-18-22-35(39)42-29-32-25-30(27-36-3)24-31(26-32)28-41-34(38)21-16-12-9-7-5-2;1-2-3-4-5-6-7-8-9-12-10-11/h24-26,36H,4-23,27-29H2,1-3H3;10H,2-9H2,1H3. The Labute approximate surface area is 329 Å². The van der Waals surface area contributed by atoms with E-state index in [2.05, 4.69) is 30.8 Å². The number of nitrogens with one attached hydrogen (secondary N) is 1. The van der Waals surface area contributed by atoms with Crippen molar-refractivity contribution in [3.8, 4) is 0 Å². The maximum atomic E-state index is 12.3. The molecule has 54 heavy (non-hydrogen) atoms. The van der Waals surface area contributed by atoms with Gasteiger partial charge in [-0.25, -0.2) is 0 Å². The molecule has 0 radical (unpaired) electrons. The van der Waals surface area contributed by atoms with Crippen LogP contribution in [0.2, 0.25) is 0 Å². The van der Waals surface area contributed by atoms with Gasteiger partial charge in [-0.3, -0.25) is 19.2 Å². The highest BCUT2D eigenvalue weighted by Gasteiger charge is 2.09. The van der Waals surface area contributed by atoms with Crippen LogP contribution in [-0.2, 0) is 57.9 Å². The van der Waals surface area contributed by atoms with Crippen LogP contribution in [0.1, 0.15) is 204 Å². The summed E-state index contributed by atoms with van der Waals surface area (Å²) >= 11 is 0. The lowest BCUT2D eigenvalue weighted by atomic mass is 10.1. The number of hydrogen-bond donors (Lipinski definition) is 1. The predicted molar refractivity (Wildman–Crippen MR) is 219 cm³/mol. The highest BCUT2D eigenvalue weighted by atomic mass is 16.5. The second-order valence-corrected chi connectivity index (χ2v) is 14.5. The first kappa shape index (κ1) is 51.1. The van der Waals surface area contributed by atoms with E-state index in [4.69, 9.17) is 14.2 Å². The average Bonchev–Trinajstić information content (AvgIpc) is 3.17. The molecule has 9 heteroatoms. The Morgan fingerprint density at radius 2 is 0.833 bits per heavy atom. The molecule has 9 nitrogen and oxygen atoms in total. The Morgan fingerprint density at radius 1 is 0.481 bits per heavy atom. The zero-order chi connectivity index (χ0) is 39.7. The normalized spacial score (nSPS) is 10.7. The molecule has 0 spiro atoms. The van der Waals surface area contributed by atoms with Gasteiger partial charge < -0.3 is 24.3 Å². The highest BCUT2D eigenvalue weighted by Crippen LogP contribution is 2.16. The van der Waals surface area contributed by atoms with Crippen LogP contribution >= 0.6 is 0 Å². The summed E-state index contributed by atoms with van der Waals surface area (Å²) in [4.78, 5) is 46.1. The number of unbranched alkanes of at least 4 members (excludes halogenated alkanes) is 19. The summed E-state index contributed by atoms with van der Waals surface area (Å²) in [5, 5.41) is 3.14. The van der Waals surface area contributed by atoms with Gasteiger partial charge in [0.1, 0.15) is 13.2 Å². The fourth-order valence-electron chi connectivity index (χ4n) is 6.06. The van der Waals surface area contributed by atoms with E-state index in [-0.39, 0.29) is 31.1 Å². The van der Waals surface area contributed by atoms with Gasteiger partial charge in [-0.1, -0.05) is 148 Å². The van der Waals surface area contributed by atoms with Crippen molar-refractivity contribution in [3.63, 3.8) is 0 Å². The molecule has 0 atom stereocenters. The lowest BCUT2D eigenvalue weighted by Gasteiger charge is -2.11. The minimum absolute atomic E-state index is 0.113. The first-order valence-corrected chi connectivity index (χ1v) is 21.7. The Balaban J connectivity index is 0.00000199. The van der Waals surface area contributed by atoms with Crippen LogP contribution in [0, 0.1) is 0 Å². The molecule has 0 amide bonds. The summed E-state index contributed by atoms with van der Waals surface area (Å²) in [6.45, 7) is 9.35. The van der Waals surface area contributed by atoms with Gasteiger partial charge in [-0.05, 0) is 61.9 Å². The molecule has 1 aromatic carbocycles. The summed E-state index contributed by atoms with van der Waals surface area (Å²) in [7, 11) is 1.88. The first-order chi connectivity index (χ1) is 26.4. The summed E-state index contributed by atoms with van der Waals surface area (Å²) in [5.41, 5.74) is 2.84. The van der Waals surface area contributed by atoms with E-state index >= 15 is 0 Å². The minimum Gasteiger partial charge on any atom is -0.468 e. The summed E-state index contributed by atoms with van der Waals surface area (Å²) < 4.78 is 20.9. The first-order valence-electron chi connectivity index (χ1n) is 21.7. The van der Waals surface area contributed by atoms with E-state index in [1.165, 1.54) is 83.5 Å². The van der Waals surface area contributed by atoms with Gasteiger partial charge in [0, 0.05) is 25.8 Å². The van der Waals surface area contributed by atoms with Gasteiger partial charge in [0.05, 0.1) is 13.2 Å². The average molecular weight is 762 g/mol. The lowest BCUT2D eigenvalue weighted by Crippen LogP contribution is -2.09. The third-order valence-electron chi connectivity index (χ3n) is 9.23. The summed E-state index contributed by atoms with van der Waals surface area (Å²) in [6, 6.07) is 5.96. The second kappa shape index (κ2) is 39.7. The maximum absolute atomic E-state index is 12.3. The number of ether oxygens (including phenoxy) is 4. The third kappa shape index (κ3) is 34.8.